The Balaban J connectivity index is 0.00000143. The quantitative estimate of drug-likeness (QED) is 0.0174. The zero-order valence-electron chi connectivity index (χ0n) is 74.1. The number of hydrogen-bond donors (Lipinski definition) is 8. The Morgan fingerprint density at radius 3 is 0.924 bits per heavy atom. The molecule has 80 heteroatoms. The fraction of sp³-hybridized carbons (Fsp3) is 0.766. The normalized spacial score (nSPS) is 21.4. The van der Waals surface area contributed by atoms with E-state index in [1.165, 1.54) is 13.8 Å². The van der Waals surface area contributed by atoms with Crippen LogP contribution in [0.2, 0.25) is 0 Å². The fourth-order valence-corrected chi connectivity index (χ4v) is 25.8. The van der Waals surface area contributed by atoms with E-state index >= 15 is 0 Å². The Morgan fingerprint density at radius 1 is 0.361 bits per heavy atom. The maximum atomic E-state index is 12.1. The molecule has 840 valence electrons. The number of nitrogens with two attached hydrogens (primary N) is 1. The first-order valence-corrected chi connectivity index (χ1v) is 58.5. The maximum absolute atomic E-state index is 12.1. The Hall–Kier alpha value is -4.15. The van der Waals surface area contributed by atoms with Crippen molar-refractivity contribution in [3.8, 4) is 0 Å². The number of aliphatic hydroxyl groups excluding tert-OH is 2. The van der Waals surface area contributed by atoms with Crippen LogP contribution in [0.15, 0.2) is 43.7 Å². The third kappa shape index (κ3) is 60.3. The van der Waals surface area contributed by atoms with Gasteiger partial charge >= 0.3 is 11.4 Å². The molecule has 68 nitrogen and oxygen atoms in total. The highest BCUT2D eigenvalue weighted by Gasteiger charge is 2.41. The minimum Gasteiger partial charge on any atom is -0.756 e. The number of aromatic nitrogens is 4. The van der Waals surface area contributed by atoms with Crippen LogP contribution in [0, 0.1) is 13.8 Å². The third-order valence-electron chi connectivity index (χ3n) is 16.9. The number of aliphatic hydroxyl groups is 2. The number of ether oxygens (including phenoxy) is 10. The van der Waals surface area contributed by atoms with Gasteiger partial charge in [-0.3, -0.25) is 112 Å². The predicted molar refractivity (Wildman–Crippen MR) is 459 cm³/mol. The summed E-state index contributed by atoms with van der Waals surface area (Å²) in [6, 6.07) is 0. The van der Waals surface area contributed by atoms with Crippen molar-refractivity contribution in [2.75, 3.05) is 165 Å². The topological polar surface area (TPSA) is 1000 Å². The van der Waals surface area contributed by atoms with Gasteiger partial charge < -0.3 is 156 Å². The van der Waals surface area contributed by atoms with E-state index in [-0.39, 0.29) is 201 Å². The Bertz CT molecular complexity index is 5230. The number of phosphoric ester groups is 4. The van der Waals surface area contributed by atoms with Gasteiger partial charge in [0.25, 0.3) is 117 Å². The van der Waals surface area contributed by atoms with Crippen LogP contribution in [0.25, 0.3) is 0 Å². The fourth-order valence-electron chi connectivity index (χ4n) is 10.7. The number of H-pyrrole nitrogens is 2. The molecule has 2 fully saturated rings. The second kappa shape index (κ2) is 66.7. The predicted octanol–water partition coefficient (Wildman–Crippen LogP) is -5.60. The number of phosphoric acid groups is 12. The lowest BCUT2D eigenvalue weighted by molar-refractivity contribution is -0.264. The number of nitrogens with one attached hydrogen (secondary N) is 5. The van der Waals surface area contributed by atoms with Gasteiger partial charge in [0.05, 0.1) is 144 Å². The van der Waals surface area contributed by atoms with Crippen LogP contribution in [-0.2, 0) is 187 Å². The number of nitrogens with zero attached hydrogens (tertiary/aromatic N) is 3. The second-order valence-corrected chi connectivity index (χ2v) is 46.5. The summed E-state index contributed by atoms with van der Waals surface area (Å²) in [5, 5.41) is 28.3. The van der Waals surface area contributed by atoms with Crippen LogP contribution in [-0.4, -0.2) is 253 Å². The molecular weight excluding hydrogens is 2210 g/mol. The first kappa shape index (κ1) is 138. The van der Waals surface area contributed by atoms with Gasteiger partial charge in [-0.2, -0.15) is 0 Å². The van der Waals surface area contributed by atoms with Gasteiger partial charge in [-0.25, -0.2) is 52.7 Å². The number of aromatic amines is 2. The summed E-state index contributed by atoms with van der Waals surface area (Å²) in [7, 11) is -79.0. The molecule has 0 aliphatic carbocycles. The van der Waals surface area contributed by atoms with Gasteiger partial charge in [-0.05, 0) is 39.5 Å². The number of rotatable bonds is 76. The molecule has 2 aromatic heterocycles. The van der Waals surface area contributed by atoms with E-state index in [9.17, 15) is 167 Å². The van der Waals surface area contributed by atoms with Crippen molar-refractivity contribution in [2.45, 2.75) is 156 Å². The molecule has 3 aliphatic heterocycles. The summed E-state index contributed by atoms with van der Waals surface area (Å²) >= 11 is 0. The van der Waals surface area contributed by atoms with Gasteiger partial charge in [-0.1, -0.05) is 48.0 Å². The van der Waals surface area contributed by atoms with E-state index < -0.39 is 191 Å². The molecule has 5 amide bonds. The van der Waals surface area contributed by atoms with Crippen LogP contribution in [0.3, 0.4) is 0 Å². The van der Waals surface area contributed by atoms with Gasteiger partial charge in [0.2, 0.25) is 17.7 Å². The van der Waals surface area contributed by atoms with E-state index in [1.807, 2.05) is 9.97 Å². The number of hydrogen-bond acceptors (Lipinski definition) is 60. The average molecular weight is 2320 g/mol. The summed E-state index contributed by atoms with van der Waals surface area (Å²) in [6.45, 7) is 4.45. The molecular formula is C64H113N9O59P12-12. The molecule has 0 spiro atoms. The summed E-state index contributed by atoms with van der Waals surface area (Å²) in [6.07, 6.45) is -3.15. The largest absolute Gasteiger partial charge is 0.756 e. The monoisotopic (exact) mass is 2320 g/mol. The van der Waals surface area contributed by atoms with Gasteiger partial charge in [0.1, 0.15) is 24.7 Å². The zero-order chi connectivity index (χ0) is 106. The molecule has 144 heavy (non-hydrogen) atoms. The molecule has 2 saturated heterocycles. The molecule has 9 N–H and O–H groups in total. The van der Waals surface area contributed by atoms with Crippen molar-refractivity contribution in [1.82, 2.24) is 40.0 Å². The van der Waals surface area contributed by atoms with Crippen molar-refractivity contribution >= 4 is 123 Å². The number of aryl methyl sites for hydroxylation is 2. The second-order valence-electron chi connectivity index (χ2n) is 28.2. The number of imide groups is 1. The van der Waals surface area contributed by atoms with E-state index in [4.69, 9.17) is 53.1 Å². The highest BCUT2D eigenvalue weighted by molar-refractivity contribution is 7.72. The Labute approximate surface area is 820 Å². The van der Waals surface area contributed by atoms with Crippen LogP contribution in [0.4, 0.5) is 0 Å². The minimum absolute atomic E-state index is 0. The Morgan fingerprint density at radius 2 is 0.618 bits per heavy atom. The molecule has 14 unspecified atom stereocenters. The molecule has 5 heterocycles. The lowest BCUT2D eigenvalue weighted by atomic mass is 10.2. The van der Waals surface area contributed by atoms with Gasteiger partial charge in [0, 0.05) is 101 Å². The molecule has 5 rings (SSSR count). The van der Waals surface area contributed by atoms with E-state index in [0.29, 0.717) is 71.9 Å². The number of carbonyl (C=O) groups excluding carboxylic acids is 5. The van der Waals surface area contributed by atoms with Crippen molar-refractivity contribution in [2.24, 2.45) is 5.73 Å². The minimum atomic E-state index is -6.96. The third-order valence-corrected chi connectivity index (χ3v) is 34.8. The first-order chi connectivity index (χ1) is 65.6. The van der Waals surface area contributed by atoms with Crippen LogP contribution >= 0.6 is 93.9 Å². The van der Waals surface area contributed by atoms with E-state index in [0.717, 1.165) is 38.6 Å². The summed E-state index contributed by atoms with van der Waals surface area (Å²) in [5.74, 6) is -1.87. The van der Waals surface area contributed by atoms with Crippen molar-refractivity contribution < 1.29 is 256 Å². The van der Waals surface area contributed by atoms with Gasteiger partial charge in [-0.15, -0.1) is 0 Å². The van der Waals surface area contributed by atoms with Crippen molar-refractivity contribution in [1.29, 1.82) is 0 Å². The average Bonchev–Trinajstić information content (AvgIpc) is 1.67. The van der Waals surface area contributed by atoms with Crippen LogP contribution in [0.5, 0.6) is 0 Å². The van der Waals surface area contributed by atoms with Crippen molar-refractivity contribution in [3.63, 3.8) is 0 Å². The number of carbonyl (C=O) groups is 5. The molecule has 0 saturated carbocycles. The molecule has 2 aromatic rings. The molecule has 18 atom stereocenters. The molecule has 0 aromatic carbocycles. The van der Waals surface area contributed by atoms with Crippen LogP contribution < -0.4 is 103 Å². The SMILES string of the molecule is C.C.C.Cc1cn([C@H]2CC(O)[C@@H](COP(=O)([O-])OP(=O)([O-])OP(=O)([O-])OP(=O)([O-])OP(=O)([O-])OP(=O)([O-])OCCCCCCNC(=O)CCOCCOCCOCCOCCN)O2)c(=O)[nH]c1=O.Cc1cn([C@H]2CC(O)[C@@H](COP(=O)([O-])OP(=O)([O-])OP(=O)([O-])OP(=O)([O-])OP(=O)([O-])OP(=O)([O-])OCCCCCCNC(=O)CCOCCOCCOCCOCCNC(=O)CCN3C(=O)C=CC3=O)O2)c(=O)[nH]c1=O. The zero-order valence-corrected chi connectivity index (χ0v) is 84.8. The lowest BCUT2D eigenvalue weighted by Gasteiger charge is -2.38. The first-order valence-electron chi connectivity index (χ1n) is 41.0. The van der Waals surface area contributed by atoms with Crippen LogP contribution in [0.1, 0.15) is 129 Å². The highest BCUT2D eigenvalue weighted by Crippen LogP contribution is 2.73. The lowest BCUT2D eigenvalue weighted by Crippen LogP contribution is -2.35. The summed E-state index contributed by atoms with van der Waals surface area (Å²) < 4.78 is 249. The van der Waals surface area contributed by atoms with E-state index in [1.54, 1.807) is 0 Å². The molecule has 0 radical (unpaired) electrons. The summed E-state index contributed by atoms with van der Waals surface area (Å²) in [4.78, 5) is 255. The number of amides is 5. The number of unbranched alkanes of at least 4 members (excludes halogenated alkanes) is 6. The molecule has 3 aliphatic rings. The standard InChI is InChI=1S/C34H59N5O31P6.C27H54N4O28P6.3CH4/c1-25-23-39(34(46)37-33(25)45)32-22-26(40)27(65-32)24-64-72(49,50)67-74(53,54)69-76(57,58)70-75(55,56)68-73(51,52)66-71(47,48)63-13-5-3-2-4-10-35-29(42)9-14-59-16-18-61-20-21-62-19-17-60-15-11-36-28(41)8-12-38-30(43)6-7-31(38)44;1-21-19-31(27(35)30-26(21)34)25-18-22(32)23(54-25)20-53-61(38,39)56-63(42,43)58-65(46,47)59-64(44,45)57-62(40,41)55-60(36,37)52-9-5-3-2-4-8-29-24(33)6-10-48-12-14-50-16-17-51-15-13-49-11-7-28;;;/h6-7,23,26-27,32,40H,2-5,8-22,24H2,1H3,(H,35,42)(H,36,41)(H,47,48)(H,49,50)(H,51,52)(H,53,54)(H,55,56)(H,57,58)(H,37,45,46);19,22-23,25,32H,2-18,20,28H2,1H3,(H,29,33)(H,36,37)(H,38,39)(H,40,41)(H,42,43)(H,44,45)(H,46,47)(H,30,34,35);3*1H4/p-12/t26?,27-,32-;22?,23-,25-;;;/m11.../s1. The Kier molecular flexibility index (Phi) is 63.9. The van der Waals surface area contributed by atoms with Gasteiger partial charge in [0.15, 0.2) is 0 Å². The smallest absolute Gasteiger partial charge is 0.330 e. The summed E-state index contributed by atoms with van der Waals surface area (Å²) in [5.41, 5.74) is 1.96. The maximum Gasteiger partial charge on any atom is 0.330 e. The highest BCUT2D eigenvalue weighted by atomic mass is 31.3. The molecule has 0 bridgehead atoms. The van der Waals surface area contributed by atoms with Crippen molar-refractivity contribution in [3.05, 3.63) is 77.3 Å². The van der Waals surface area contributed by atoms with E-state index in [2.05, 4.69) is 77.2 Å².